The Labute approximate surface area is 149 Å². The molecule has 24 heavy (non-hydrogen) atoms. The van der Waals surface area contributed by atoms with Crippen molar-refractivity contribution in [2.45, 2.75) is 25.8 Å². The van der Waals surface area contributed by atoms with Gasteiger partial charge in [0, 0.05) is 12.1 Å². The lowest BCUT2D eigenvalue weighted by atomic mass is 10.1. The second-order valence-corrected chi connectivity index (χ2v) is 9.34. The molecule has 0 aromatic heterocycles. The molecule has 132 valence electrons. The molecule has 2 N–H and O–H groups in total. The molecule has 2 fully saturated rings. The number of hydrogen-bond donors (Lipinski definition) is 2. The van der Waals surface area contributed by atoms with Crippen LogP contribution in [-0.4, -0.2) is 62.2 Å². The summed E-state index contributed by atoms with van der Waals surface area (Å²) < 4.78 is 23.3. The third kappa shape index (κ3) is 4.26. The van der Waals surface area contributed by atoms with Gasteiger partial charge in [-0.25, -0.2) is 8.42 Å². The van der Waals surface area contributed by atoms with Crippen molar-refractivity contribution < 1.29 is 13.3 Å². The minimum atomic E-state index is -2.79. The first kappa shape index (κ1) is 17.6. The summed E-state index contributed by atoms with van der Waals surface area (Å²) in [6, 6.07) is 8.65. The number of aryl methyl sites for hydroxylation is 1. The summed E-state index contributed by atoms with van der Waals surface area (Å²) in [7, 11) is -2.79. The van der Waals surface area contributed by atoms with E-state index in [1.807, 2.05) is 0 Å². The summed E-state index contributed by atoms with van der Waals surface area (Å²) >= 11 is 5.54. The van der Waals surface area contributed by atoms with Gasteiger partial charge in [-0.2, -0.15) is 0 Å². The molecule has 0 aliphatic carbocycles. The van der Waals surface area contributed by atoms with Crippen LogP contribution in [0.2, 0.25) is 0 Å². The van der Waals surface area contributed by atoms with Crippen LogP contribution in [0.25, 0.3) is 0 Å². The lowest BCUT2D eigenvalue weighted by Crippen LogP contribution is -3.18. The van der Waals surface area contributed by atoms with Crippen molar-refractivity contribution in [2.75, 3.05) is 43.0 Å². The molecule has 2 aliphatic heterocycles. The average molecular weight is 369 g/mol. The normalized spacial score (nSPS) is 24.0. The Kier molecular flexibility index (Phi) is 5.42. The Morgan fingerprint density at radius 2 is 1.96 bits per heavy atom. The van der Waals surface area contributed by atoms with Crippen molar-refractivity contribution in [3.05, 3.63) is 29.8 Å². The van der Waals surface area contributed by atoms with Crippen molar-refractivity contribution >= 4 is 32.9 Å². The van der Waals surface area contributed by atoms with Crippen LogP contribution in [0.15, 0.2) is 24.3 Å². The van der Waals surface area contributed by atoms with E-state index < -0.39 is 9.84 Å². The molecule has 5 nitrogen and oxygen atoms in total. The van der Waals surface area contributed by atoms with E-state index in [1.165, 1.54) is 10.5 Å². The molecule has 1 aromatic carbocycles. The number of sulfone groups is 1. The van der Waals surface area contributed by atoms with E-state index in [2.05, 4.69) is 41.4 Å². The molecule has 1 aromatic rings. The zero-order valence-corrected chi connectivity index (χ0v) is 15.8. The lowest BCUT2D eigenvalue weighted by Gasteiger charge is -2.36. The minimum absolute atomic E-state index is 0.278. The minimum Gasteiger partial charge on any atom is -0.338 e. The van der Waals surface area contributed by atoms with Crippen LogP contribution >= 0.6 is 12.2 Å². The molecule has 2 heterocycles. The SMILES string of the molecule is CCc1ccc(NC(=S)N2CC[NH+]([C@H]3CCS(=O)(=O)C3)CC2)cc1. The second kappa shape index (κ2) is 7.37. The molecular formula is C17H26N3O2S2+. The first-order chi connectivity index (χ1) is 11.5. The van der Waals surface area contributed by atoms with Crippen molar-refractivity contribution in [1.29, 1.82) is 0 Å². The van der Waals surface area contributed by atoms with Crippen molar-refractivity contribution in [3.8, 4) is 0 Å². The summed E-state index contributed by atoms with van der Waals surface area (Å²) in [5.74, 6) is 0.716. The highest BCUT2D eigenvalue weighted by Gasteiger charge is 2.37. The average Bonchev–Trinajstić information content (AvgIpc) is 2.95. The molecule has 0 amide bonds. The van der Waals surface area contributed by atoms with Crippen LogP contribution in [0.4, 0.5) is 5.69 Å². The maximum absolute atomic E-state index is 11.7. The number of anilines is 1. The number of benzene rings is 1. The van der Waals surface area contributed by atoms with Gasteiger partial charge in [0.15, 0.2) is 14.9 Å². The van der Waals surface area contributed by atoms with Gasteiger partial charge in [-0.15, -0.1) is 0 Å². The zero-order chi connectivity index (χ0) is 17.2. The maximum atomic E-state index is 11.7. The topological polar surface area (TPSA) is 53.9 Å². The van der Waals surface area contributed by atoms with E-state index >= 15 is 0 Å². The standard InChI is InChI=1S/C17H25N3O2S2/c1-2-14-3-5-15(6-4-14)18-17(23)20-10-8-19(9-11-20)16-7-12-24(21,22)13-16/h3-6,16H,2,7-13H2,1H3,(H,18,23)/p+1/t16-/m0/s1. The Hall–Kier alpha value is -1.18. The molecule has 0 unspecified atom stereocenters. The molecule has 3 rings (SSSR count). The van der Waals surface area contributed by atoms with Crippen LogP contribution in [0, 0.1) is 0 Å². The smallest absolute Gasteiger partial charge is 0.173 e. The van der Waals surface area contributed by atoms with E-state index in [1.54, 1.807) is 0 Å². The second-order valence-electron chi connectivity index (χ2n) is 6.73. The highest BCUT2D eigenvalue weighted by Crippen LogP contribution is 2.12. The molecule has 0 radical (unpaired) electrons. The fourth-order valence-electron chi connectivity index (χ4n) is 3.55. The Bertz CT molecular complexity index is 680. The Morgan fingerprint density at radius 3 is 2.50 bits per heavy atom. The van der Waals surface area contributed by atoms with Crippen LogP contribution in [0.3, 0.4) is 0 Å². The predicted molar refractivity (Wildman–Crippen MR) is 101 cm³/mol. The van der Waals surface area contributed by atoms with Gasteiger partial charge in [0.05, 0.1) is 31.9 Å². The summed E-state index contributed by atoms with van der Waals surface area (Å²) in [6.07, 6.45) is 1.84. The molecule has 2 saturated heterocycles. The van der Waals surface area contributed by atoms with Crippen LogP contribution in [-0.2, 0) is 16.3 Å². The molecule has 0 spiro atoms. The maximum Gasteiger partial charge on any atom is 0.173 e. The quantitative estimate of drug-likeness (QED) is 0.754. The van der Waals surface area contributed by atoms with Gasteiger partial charge in [0.1, 0.15) is 11.8 Å². The number of nitrogens with one attached hydrogen (secondary N) is 2. The third-order valence-electron chi connectivity index (χ3n) is 5.12. The van der Waals surface area contributed by atoms with Gasteiger partial charge < -0.3 is 15.1 Å². The van der Waals surface area contributed by atoms with E-state index in [9.17, 15) is 8.42 Å². The molecular weight excluding hydrogens is 342 g/mol. The van der Waals surface area contributed by atoms with E-state index in [0.29, 0.717) is 11.5 Å². The van der Waals surface area contributed by atoms with E-state index in [4.69, 9.17) is 12.2 Å². The molecule has 2 aliphatic rings. The van der Waals surface area contributed by atoms with Gasteiger partial charge in [-0.1, -0.05) is 19.1 Å². The number of rotatable bonds is 3. The fraction of sp³-hybridized carbons (Fsp3) is 0.588. The van der Waals surface area contributed by atoms with Gasteiger partial charge in [0.25, 0.3) is 0 Å². The summed E-state index contributed by atoms with van der Waals surface area (Å²) in [5.41, 5.74) is 2.34. The van der Waals surface area contributed by atoms with Gasteiger partial charge in [-0.3, -0.25) is 0 Å². The predicted octanol–water partition coefficient (Wildman–Crippen LogP) is 0.333. The molecule has 7 heteroatoms. The summed E-state index contributed by atoms with van der Waals surface area (Å²) in [5, 5.41) is 4.07. The first-order valence-corrected chi connectivity index (χ1v) is 10.9. The van der Waals surface area contributed by atoms with Gasteiger partial charge in [-0.05, 0) is 36.3 Å². The van der Waals surface area contributed by atoms with Gasteiger partial charge in [0.2, 0.25) is 0 Å². The first-order valence-electron chi connectivity index (χ1n) is 8.67. The van der Waals surface area contributed by atoms with E-state index in [0.717, 1.165) is 49.8 Å². The largest absolute Gasteiger partial charge is 0.338 e. The van der Waals surface area contributed by atoms with E-state index in [-0.39, 0.29) is 6.04 Å². The monoisotopic (exact) mass is 368 g/mol. The number of hydrogen-bond acceptors (Lipinski definition) is 3. The van der Waals surface area contributed by atoms with Crippen molar-refractivity contribution in [2.24, 2.45) is 0 Å². The Morgan fingerprint density at radius 1 is 1.29 bits per heavy atom. The van der Waals surface area contributed by atoms with Gasteiger partial charge >= 0.3 is 0 Å². The number of piperazine rings is 1. The van der Waals surface area contributed by atoms with Crippen LogP contribution in [0.5, 0.6) is 0 Å². The number of nitrogens with zero attached hydrogens (tertiary/aromatic N) is 1. The Balaban J connectivity index is 1.49. The highest BCUT2D eigenvalue weighted by molar-refractivity contribution is 7.91. The third-order valence-corrected chi connectivity index (χ3v) is 7.24. The molecule has 1 atom stereocenters. The van der Waals surface area contributed by atoms with Crippen LogP contribution in [0.1, 0.15) is 18.9 Å². The van der Waals surface area contributed by atoms with Crippen molar-refractivity contribution in [1.82, 2.24) is 4.90 Å². The zero-order valence-electron chi connectivity index (χ0n) is 14.1. The van der Waals surface area contributed by atoms with Crippen molar-refractivity contribution in [3.63, 3.8) is 0 Å². The van der Waals surface area contributed by atoms with Crippen LogP contribution < -0.4 is 10.2 Å². The number of thiocarbonyl (C=S) groups is 1. The fourth-order valence-corrected chi connectivity index (χ4v) is 5.67. The lowest BCUT2D eigenvalue weighted by molar-refractivity contribution is -0.925. The summed E-state index contributed by atoms with van der Waals surface area (Å²) in [4.78, 5) is 3.61. The highest BCUT2D eigenvalue weighted by atomic mass is 32.2. The molecule has 0 bridgehead atoms. The number of quaternary nitrogens is 1. The summed E-state index contributed by atoms with van der Waals surface area (Å²) in [6.45, 7) is 5.81. The molecule has 0 saturated carbocycles.